The maximum Gasteiger partial charge on any atom is 0.289 e. The molecule has 0 aromatic carbocycles. The smallest absolute Gasteiger partial charge is 0.289 e. The van der Waals surface area contributed by atoms with E-state index in [2.05, 4.69) is 20.3 Å². The number of amides is 1. The van der Waals surface area contributed by atoms with E-state index < -0.39 is 0 Å². The minimum Gasteiger partial charge on any atom is -0.451 e. The summed E-state index contributed by atoms with van der Waals surface area (Å²) in [5.74, 6) is 1.48. The van der Waals surface area contributed by atoms with Gasteiger partial charge in [0.05, 0.1) is 0 Å². The van der Waals surface area contributed by atoms with Crippen LogP contribution in [0.25, 0.3) is 22.4 Å². The van der Waals surface area contributed by atoms with E-state index in [0.717, 1.165) is 22.2 Å². The minimum atomic E-state index is -0.170. The molecular formula is C20H19N5O2. The van der Waals surface area contributed by atoms with E-state index in [9.17, 15) is 4.79 Å². The highest BCUT2D eigenvalue weighted by Crippen LogP contribution is 2.31. The number of H-pyrrole nitrogens is 1. The molecule has 136 valence electrons. The second-order valence-electron chi connectivity index (χ2n) is 6.37. The molecule has 0 atom stereocenters. The Morgan fingerprint density at radius 3 is 2.78 bits per heavy atom. The first-order chi connectivity index (χ1) is 13.1. The van der Waals surface area contributed by atoms with Crippen LogP contribution in [0.4, 0.5) is 5.82 Å². The summed E-state index contributed by atoms with van der Waals surface area (Å²) in [6, 6.07) is 11.3. The van der Waals surface area contributed by atoms with Gasteiger partial charge in [0.2, 0.25) is 0 Å². The molecule has 4 rings (SSSR count). The molecule has 0 unspecified atom stereocenters. The van der Waals surface area contributed by atoms with Crippen molar-refractivity contribution in [2.75, 3.05) is 19.4 Å². The lowest BCUT2D eigenvalue weighted by atomic mass is 10.1. The van der Waals surface area contributed by atoms with E-state index in [1.165, 1.54) is 4.90 Å². The van der Waals surface area contributed by atoms with Crippen molar-refractivity contribution < 1.29 is 9.21 Å². The van der Waals surface area contributed by atoms with Gasteiger partial charge in [-0.2, -0.15) is 0 Å². The summed E-state index contributed by atoms with van der Waals surface area (Å²) in [6.07, 6.45) is 5.36. The number of nitrogens with one attached hydrogen (secondary N) is 2. The Balaban J connectivity index is 1.68. The quantitative estimate of drug-likeness (QED) is 0.568. The van der Waals surface area contributed by atoms with E-state index in [0.29, 0.717) is 23.9 Å². The van der Waals surface area contributed by atoms with E-state index in [1.807, 2.05) is 36.5 Å². The zero-order valence-electron chi connectivity index (χ0n) is 15.1. The van der Waals surface area contributed by atoms with Gasteiger partial charge in [-0.25, -0.2) is 4.98 Å². The molecule has 7 heteroatoms. The molecule has 0 saturated heterocycles. The van der Waals surface area contributed by atoms with Crippen LogP contribution >= 0.6 is 0 Å². The van der Waals surface area contributed by atoms with Crippen molar-refractivity contribution in [2.45, 2.75) is 6.54 Å². The van der Waals surface area contributed by atoms with Crippen molar-refractivity contribution >= 4 is 22.8 Å². The molecule has 4 aromatic heterocycles. The van der Waals surface area contributed by atoms with Crippen LogP contribution in [-0.2, 0) is 6.54 Å². The summed E-state index contributed by atoms with van der Waals surface area (Å²) in [5.41, 5.74) is 2.73. The highest BCUT2D eigenvalue weighted by atomic mass is 16.4. The molecule has 1 amide bonds. The Kier molecular flexibility index (Phi) is 4.33. The first-order valence-electron chi connectivity index (χ1n) is 8.54. The van der Waals surface area contributed by atoms with Crippen LogP contribution in [0.3, 0.4) is 0 Å². The fraction of sp³-hybridized carbons (Fsp3) is 0.150. The van der Waals surface area contributed by atoms with Crippen molar-refractivity contribution in [3.63, 3.8) is 0 Å². The monoisotopic (exact) mass is 361 g/mol. The lowest BCUT2D eigenvalue weighted by Crippen LogP contribution is -2.20. The Morgan fingerprint density at radius 2 is 2.00 bits per heavy atom. The molecule has 0 radical (unpaired) electrons. The number of pyridine rings is 2. The van der Waals surface area contributed by atoms with Gasteiger partial charge in [-0.05, 0) is 42.0 Å². The summed E-state index contributed by atoms with van der Waals surface area (Å²) in [4.78, 5) is 25.4. The number of hydrogen-bond donors (Lipinski definition) is 2. The van der Waals surface area contributed by atoms with Gasteiger partial charge in [0.25, 0.3) is 5.91 Å². The van der Waals surface area contributed by atoms with E-state index >= 15 is 0 Å². The van der Waals surface area contributed by atoms with E-state index in [-0.39, 0.29) is 5.91 Å². The standard InChI is InChI=1S/C20H19N5O2/c1-25(2)20(26)17-4-3-16(27-17)15-11-18(24-19-14(15)7-10-22-19)23-12-13-5-8-21-9-6-13/h3-11H,12H2,1-2H3,(H2,22,23,24). The van der Waals surface area contributed by atoms with Crippen LogP contribution in [0.1, 0.15) is 16.1 Å². The van der Waals surface area contributed by atoms with Gasteiger partial charge in [0, 0.05) is 50.2 Å². The summed E-state index contributed by atoms with van der Waals surface area (Å²) in [7, 11) is 3.39. The maximum absolute atomic E-state index is 12.1. The van der Waals surface area contributed by atoms with Crippen molar-refractivity contribution in [2.24, 2.45) is 0 Å². The number of carbonyl (C=O) groups is 1. The number of fused-ring (bicyclic) bond motifs is 1. The summed E-state index contributed by atoms with van der Waals surface area (Å²) >= 11 is 0. The van der Waals surface area contributed by atoms with Gasteiger partial charge in [-0.1, -0.05) is 0 Å². The average Bonchev–Trinajstić information content (AvgIpc) is 3.35. The van der Waals surface area contributed by atoms with Crippen molar-refractivity contribution in [1.82, 2.24) is 19.9 Å². The molecule has 0 spiro atoms. The topological polar surface area (TPSA) is 87.0 Å². The highest BCUT2D eigenvalue weighted by molar-refractivity contribution is 5.95. The minimum absolute atomic E-state index is 0.170. The SMILES string of the molecule is CN(C)C(=O)c1ccc(-c2cc(NCc3ccncc3)nc3[nH]ccc23)o1. The molecule has 0 fully saturated rings. The van der Waals surface area contributed by atoms with Gasteiger partial charge in [0.1, 0.15) is 17.2 Å². The highest BCUT2D eigenvalue weighted by Gasteiger charge is 2.16. The third-order valence-corrected chi connectivity index (χ3v) is 4.24. The zero-order chi connectivity index (χ0) is 18.8. The molecule has 4 aromatic rings. The average molecular weight is 361 g/mol. The molecule has 0 aliphatic heterocycles. The van der Waals surface area contributed by atoms with Crippen molar-refractivity contribution in [1.29, 1.82) is 0 Å². The number of rotatable bonds is 5. The third kappa shape index (κ3) is 3.39. The molecule has 0 saturated carbocycles. The first-order valence-corrected chi connectivity index (χ1v) is 8.54. The van der Waals surface area contributed by atoms with Gasteiger partial charge in [0.15, 0.2) is 5.76 Å². The number of carbonyl (C=O) groups excluding carboxylic acids is 1. The van der Waals surface area contributed by atoms with Crippen LogP contribution < -0.4 is 5.32 Å². The molecule has 7 nitrogen and oxygen atoms in total. The number of aromatic nitrogens is 3. The Morgan fingerprint density at radius 1 is 1.19 bits per heavy atom. The van der Waals surface area contributed by atoms with Gasteiger partial charge >= 0.3 is 0 Å². The van der Waals surface area contributed by atoms with Gasteiger partial charge in [-0.3, -0.25) is 9.78 Å². The Hall–Kier alpha value is -3.61. The summed E-state index contributed by atoms with van der Waals surface area (Å²) in [6.45, 7) is 0.629. The normalized spacial score (nSPS) is 10.9. The second kappa shape index (κ2) is 6.95. The number of hydrogen-bond acceptors (Lipinski definition) is 5. The molecule has 2 N–H and O–H groups in total. The molecular weight excluding hydrogens is 342 g/mol. The lowest BCUT2D eigenvalue weighted by Gasteiger charge is -2.09. The van der Waals surface area contributed by atoms with Crippen LogP contribution in [0.5, 0.6) is 0 Å². The summed E-state index contributed by atoms with van der Waals surface area (Å²) < 4.78 is 5.82. The Bertz CT molecular complexity index is 1080. The molecule has 27 heavy (non-hydrogen) atoms. The van der Waals surface area contributed by atoms with Crippen LogP contribution in [0.15, 0.2) is 59.4 Å². The number of aromatic amines is 1. The zero-order valence-corrected chi connectivity index (χ0v) is 15.1. The van der Waals surface area contributed by atoms with Crippen molar-refractivity contribution in [3.05, 3.63) is 66.3 Å². The number of furan rings is 1. The van der Waals surface area contributed by atoms with Crippen LogP contribution in [0, 0.1) is 0 Å². The maximum atomic E-state index is 12.1. The predicted octanol–water partition coefficient (Wildman–Crippen LogP) is 3.53. The lowest BCUT2D eigenvalue weighted by molar-refractivity contribution is 0.0797. The second-order valence-corrected chi connectivity index (χ2v) is 6.37. The van der Waals surface area contributed by atoms with Gasteiger partial charge in [-0.15, -0.1) is 0 Å². The molecule has 0 aliphatic rings. The third-order valence-electron chi connectivity index (χ3n) is 4.24. The predicted molar refractivity (Wildman–Crippen MR) is 103 cm³/mol. The number of nitrogens with zero attached hydrogens (tertiary/aromatic N) is 3. The largest absolute Gasteiger partial charge is 0.451 e. The van der Waals surface area contributed by atoms with E-state index in [1.54, 1.807) is 32.6 Å². The number of anilines is 1. The first kappa shape index (κ1) is 16.8. The van der Waals surface area contributed by atoms with Crippen molar-refractivity contribution in [3.8, 4) is 11.3 Å². The van der Waals surface area contributed by atoms with E-state index in [4.69, 9.17) is 4.42 Å². The molecule has 0 aliphatic carbocycles. The van der Waals surface area contributed by atoms with Crippen LogP contribution in [-0.4, -0.2) is 39.9 Å². The Labute approximate surface area is 156 Å². The van der Waals surface area contributed by atoms with Crippen LogP contribution in [0.2, 0.25) is 0 Å². The fourth-order valence-corrected chi connectivity index (χ4v) is 2.84. The molecule has 0 bridgehead atoms. The fourth-order valence-electron chi connectivity index (χ4n) is 2.84. The molecule has 4 heterocycles. The summed E-state index contributed by atoms with van der Waals surface area (Å²) in [5, 5.41) is 4.26. The van der Waals surface area contributed by atoms with Gasteiger partial charge < -0.3 is 19.6 Å².